The quantitative estimate of drug-likeness (QED) is 0.515. The number of fused-ring (bicyclic) bond motifs is 1. The summed E-state index contributed by atoms with van der Waals surface area (Å²) in [4.78, 5) is 31.7. The van der Waals surface area contributed by atoms with Crippen LogP contribution >= 0.6 is 0 Å². The second-order valence-electron chi connectivity index (χ2n) is 5.05. The van der Waals surface area contributed by atoms with Gasteiger partial charge in [-0.1, -0.05) is 30.3 Å². The van der Waals surface area contributed by atoms with E-state index >= 15 is 0 Å². The van der Waals surface area contributed by atoms with Gasteiger partial charge in [0.25, 0.3) is 5.91 Å². The highest BCUT2D eigenvalue weighted by molar-refractivity contribution is 6.36. The van der Waals surface area contributed by atoms with Crippen molar-refractivity contribution in [2.75, 3.05) is 5.43 Å². The molecule has 6 nitrogen and oxygen atoms in total. The molecule has 0 radical (unpaired) electrons. The van der Waals surface area contributed by atoms with Gasteiger partial charge in [0.05, 0.1) is 16.4 Å². The molecule has 1 amide bonds. The van der Waals surface area contributed by atoms with Crippen molar-refractivity contribution in [1.82, 2.24) is 0 Å². The first kappa shape index (κ1) is 14.8. The van der Waals surface area contributed by atoms with Crippen LogP contribution in [-0.4, -0.2) is 23.9 Å². The predicted octanol–water partition coefficient (Wildman–Crippen LogP) is 0.810. The van der Waals surface area contributed by atoms with Crippen molar-refractivity contribution in [2.24, 2.45) is 15.1 Å². The fourth-order valence-electron chi connectivity index (χ4n) is 2.21. The van der Waals surface area contributed by atoms with Crippen molar-refractivity contribution in [3.63, 3.8) is 0 Å². The van der Waals surface area contributed by atoms with Crippen LogP contribution < -0.4 is 16.1 Å². The average molecular weight is 306 g/mol. The van der Waals surface area contributed by atoms with E-state index in [1.54, 1.807) is 24.3 Å². The zero-order valence-electron chi connectivity index (χ0n) is 12.4. The van der Waals surface area contributed by atoms with Crippen LogP contribution in [0.25, 0.3) is 0 Å². The maximum Gasteiger partial charge on any atom is 0.277 e. The van der Waals surface area contributed by atoms with E-state index in [9.17, 15) is 9.59 Å². The molecule has 1 heterocycles. The van der Waals surface area contributed by atoms with Crippen molar-refractivity contribution in [2.45, 2.75) is 13.0 Å². The molecular weight excluding hydrogens is 292 g/mol. The molecule has 0 saturated carbocycles. The molecule has 1 aliphatic heterocycles. The number of nitrogens with one attached hydrogen (secondary N) is 1. The number of hydrazone groups is 1. The normalized spacial score (nSPS) is 16.8. The van der Waals surface area contributed by atoms with E-state index in [0.717, 1.165) is 11.3 Å². The van der Waals surface area contributed by atoms with Gasteiger partial charge in [-0.25, -0.2) is 4.99 Å². The molecule has 1 atom stereocenters. The van der Waals surface area contributed by atoms with Crippen molar-refractivity contribution in [3.05, 3.63) is 64.8 Å². The smallest absolute Gasteiger partial charge is 0.277 e. The molecule has 1 unspecified atom stereocenters. The molecule has 0 spiro atoms. The molecule has 0 saturated heterocycles. The average Bonchev–Trinajstić information content (AvgIpc) is 2.57. The fourth-order valence-corrected chi connectivity index (χ4v) is 2.21. The minimum atomic E-state index is -1.01. The van der Waals surface area contributed by atoms with Crippen molar-refractivity contribution < 1.29 is 9.59 Å². The zero-order chi connectivity index (χ0) is 16.2. The molecule has 2 aromatic carbocycles. The molecule has 23 heavy (non-hydrogen) atoms. The summed E-state index contributed by atoms with van der Waals surface area (Å²) in [5.41, 5.74) is 4.54. The Balaban J connectivity index is 1.94. The molecular formula is C17H14N4O2. The number of aldehydes is 1. The van der Waals surface area contributed by atoms with E-state index in [4.69, 9.17) is 0 Å². The van der Waals surface area contributed by atoms with Crippen molar-refractivity contribution in [1.29, 1.82) is 0 Å². The molecule has 3 rings (SSSR count). The Labute approximate surface area is 132 Å². The fraction of sp³-hybridized carbons (Fsp3) is 0.118. The van der Waals surface area contributed by atoms with Crippen LogP contribution in [0.4, 0.5) is 5.69 Å². The molecule has 0 aromatic heterocycles. The van der Waals surface area contributed by atoms with E-state index in [0.29, 0.717) is 17.0 Å². The Morgan fingerprint density at radius 1 is 1.13 bits per heavy atom. The summed E-state index contributed by atoms with van der Waals surface area (Å²) in [6.07, 6.45) is 0.529. The second kappa shape index (κ2) is 6.31. The topological polar surface area (TPSA) is 83.2 Å². The standard InChI is InChI=1S/C17H14N4O2/c1-11-6-2-3-7-12(11)20-21-15(10-22)16-17(23)19-14-9-5-4-8-13(14)18-16/h2-10,16,20H,1H3/b21-15-. The van der Waals surface area contributed by atoms with Crippen LogP contribution in [-0.2, 0) is 9.59 Å². The summed E-state index contributed by atoms with van der Waals surface area (Å²) < 4.78 is 0. The predicted molar refractivity (Wildman–Crippen MR) is 85.8 cm³/mol. The summed E-state index contributed by atoms with van der Waals surface area (Å²) >= 11 is 0. The first-order chi connectivity index (χ1) is 11.2. The van der Waals surface area contributed by atoms with Crippen LogP contribution in [0.1, 0.15) is 5.56 Å². The highest BCUT2D eigenvalue weighted by Gasteiger charge is 2.25. The number of benzene rings is 2. The van der Waals surface area contributed by atoms with Crippen LogP contribution in [0, 0.1) is 6.92 Å². The number of aryl methyl sites for hydroxylation is 1. The molecule has 0 aliphatic carbocycles. The lowest BCUT2D eigenvalue weighted by atomic mass is 10.1. The Morgan fingerprint density at radius 2 is 1.83 bits per heavy atom. The van der Waals surface area contributed by atoms with E-state index in [1.165, 1.54) is 0 Å². The molecule has 114 valence electrons. The number of nitrogens with zero attached hydrogens (tertiary/aromatic N) is 3. The summed E-state index contributed by atoms with van der Waals surface area (Å²) in [5.74, 6) is -0.499. The summed E-state index contributed by atoms with van der Waals surface area (Å²) in [6, 6.07) is 13.5. The van der Waals surface area contributed by atoms with E-state index in [2.05, 4.69) is 20.5 Å². The minimum Gasteiger partial charge on any atom is -0.296 e. The molecule has 1 N–H and O–H groups in total. The first-order valence-corrected chi connectivity index (χ1v) is 7.09. The van der Waals surface area contributed by atoms with Gasteiger partial charge in [0.15, 0.2) is 12.3 Å². The number of carbonyl (C=O) groups excluding carboxylic acids is 2. The highest BCUT2D eigenvalue weighted by Crippen LogP contribution is 2.13. The lowest BCUT2D eigenvalue weighted by Gasteiger charge is -2.11. The third kappa shape index (κ3) is 3.06. The SMILES string of the molecule is Cc1ccccc1N/N=C(/C=O)C1N=c2ccccc2=NC1=O. The second-order valence-corrected chi connectivity index (χ2v) is 5.05. The number of carbonyl (C=O) groups is 2. The van der Waals surface area contributed by atoms with E-state index < -0.39 is 11.9 Å². The highest BCUT2D eigenvalue weighted by atomic mass is 16.2. The Hall–Kier alpha value is -3.15. The Bertz CT molecular complexity index is 918. The Kier molecular flexibility index (Phi) is 4.05. The van der Waals surface area contributed by atoms with E-state index in [-0.39, 0.29) is 5.71 Å². The van der Waals surface area contributed by atoms with Crippen LogP contribution in [0.5, 0.6) is 0 Å². The molecule has 2 aromatic rings. The molecule has 6 heteroatoms. The summed E-state index contributed by atoms with van der Waals surface area (Å²) in [5, 5.41) is 5.12. The number of para-hydroxylation sites is 3. The van der Waals surface area contributed by atoms with Gasteiger partial charge in [-0.05, 0) is 30.7 Å². The van der Waals surface area contributed by atoms with Crippen molar-refractivity contribution in [3.8, 4) is 0 Å². The number of hydrogen-bond acceptors (Lipinski definition) is 5. The molecule has 1 aliphatic rings. The minimum absolute atomic E-state index is 0.00324. The van der Waals surface area contributed by atoms with Gasteiger partial charge in [0.1, 0.15) is 5.71 Å². The maximum absolute atomic E-state index is 12.1. The molecule has 0 bridgehead atoms. The number of hydrogen-bond donors (Lipinski definition) is 1. The van der Waals surface area contributed by atoms with Gasteiger partial charge in [0.2, 0.25) is 0 Å². The summed E-state index contributed by atoms with van der Waals surface area (Å²) in [7, 11) is 0. The van der Waals surface area contributed by atoms with Gasteiger partial charge in [-0.2, -0.15) is 5.10 Å². The van der Waals surface area contributed by atoms with Gasteiger partial charge in [-0.15, -0.1) is 0 Å². The lowest BCUT2D eigenvalue weighted by molar-refractivity contribution is -0.118. The van der Waals surface area contributed by atoms with Gasteiger partial charge in [0, 0.05) is 0 Å². The van der Waals surface area contributed by atoms with Crippen LogP contribution in [0.3, 0.4) is 0 Å². The lowest BCUT2D eigenvalue weighted by Crippen LogP contribution is -2.41. The Morgan fingerprint density at radius 3 is 2.57 bits per heavy atom. The van der Waals surface area contributed by atoms with Gasteiger partial charge in [-0.3, -0.25) is 20.0 Å². The van der Waals surface area contributed by atoms with Gasteiger partial charge >= 0.3 is 0 Å². The maximum atomic E-state index is 12.1. The first-order valence-electron chi connectivity index (χ1n) is 7.09. The zero-order valence-corrected chi connectivity index (χ0v) is 12.4. The largest absolute Gasteiger partial charge is 0.296 e. The number of anilines is 1. The third-order valence-corrected chi connectivity index (χ3v) is 3.47. The summed E-state index contributed by atoms with van der Waals surface area (Å²) in [6.45, 7) is 1.92. The van der Waals surface area contributed by atoms with Gasteiger partial charge < -0.3 is 0 Å². The van der Waals surface area contributed by atoms with Crippen LogP contribution in [0.15, 0.2) is 63.6 Å². The third-order valence-electron chi connectivity index (χ3n) is 3.47. The molecule has 0 fully saturated rings. The monoisotopic (exact) mass is 306 g/mol. The van der Waals surface area contributed by atoms with Crippen molar-refractivity contribution >= 4 is 23.6 Å². The number of amides is 1. The van der Waals surface area contributed by atoms with E-state index in [1.807, 2.05) is 31.2 Å². The van der Waals surface area contributed by atoms with Crippen LogP contribution in [0.2, 0.25) is 0 Å². The number of rotatable bonds is 4.